The molecule has 0 saturated heterocycles. The Morgan fingerprint density at radius 3 is 2.39 bits per heavy atom. The second kappa shape index (κ2) is 11.1. The van der Waals surface area contributed by atoms with E-state index >= 15 is 0 Å². The fourth-order valence-electron chi connectivity index (χ4n) is 4.73. The van der Waals surface area contributed by atoms with Crippen molar-refractivity contribution in [2.45, 2.75) is 45.2 Å². The van der Waals surface area contributed by atoms with Crippen molar-refractivity contribution >= 4 is 43.3 Å². The van der Waals surface area contributed by atoms with Gasteiger partial charge in [-0.25, -0.2) is 17.4 Å². The summed E-state index contributed by atoms with van der Waals surface area (Å²) in [6, 6.07) is 15.3. The molecule has 7 nitrogen and oxygen atoms in total. The van der Waals surface area contributed by atoms with E-state index in [0.717, 1.165) is 44.8 Å². The zero-order valence-corrected chi connectivity index (χ0v) is 24.3. The van der Waals surface area contributed by atoms with Gasteiger partial charge in [0.2, 0.25) is 6.17 Å². The maximum Gasteiger partial charge on any atom is 0.266 e. The number of nitrogens with one attached hydrogen (secondary N) is 1. The molecule has 0 aromatic heterocycles. The summed E-state index contributed by atoms with van der Waals surface area (Å²) >= 11 is 3.81. The smallest absolute Gasteiger partial charge is 0.266 e. The van der Waals surface area contributed by atoms with Crippen molar-refractivity contribution in [1.29, 1.82) is 0 Å². The Balaban J connectivity index is 0.000000257. The maximum absolute atomic E-state index is 14.9. The number of rotatable bonds is 3. The van der Waals surface area contributed by atoms with Crippen molar-refractivity contribution in [3.63, 3.8) is 0 Å². The van der Waals surface area contributed by atoms with E-state index in [1.807, 2.05) is 27.0 Å². The summed E-state index contributed by atoms with van der Waals surface area (Å²) in [5.41, 5.74) is 9.68. The van der Waals surface area contributed by atoms with Crippen LogP contribution in [0.3, 0.4) is 0 Å². The molecule has 10 heteroatoms. The van der Waals surface area contributed by atoms with E-state index in [9.17, 15) is 17.4 Å². The first-order chi connectivity index (χ1) is 17.9. The van der Waals surface area contributed by atoms with E-state index in [0.29, 0.717) is 12.1 Å². The van der Waals surface area contributed by atoms with Crippen molar-refractivity contribution in [3.05, 3.63) is 92.7 Å². The number of hydrazine groups is 1. The van der Waals surface area contributed by atoms with Gasteiger partial charge in [0.15, 0.2) is 0 Å². The molecule has 0 fully saturated rings. The molecule has 0 bridgehead atoms. The highest BCUT2D eigenvalue weighted by molar-refractivity contribution is 9.10. The highest BCUT2D eigenvalue weighted by Crippen LogP contribution is 2.37. The quantitative estimate of drug-likeness (QED) is 0.336. The number of benzene rings is 3. The number of aliphatic imine (C=N–C) groups is 1. The van der Waals surface area contributed by atoms with Gasteiger partial charge in [0, 0.05) is 24.0 Å². The van der Waals surface area contributed by atoms with Crippen LogP contribution < -0.4 is 5.43 Å². The molecule has 1 atom stereocenters. The number of hydrogen-bond acceptors (Lipinski definition) is 6. The Morgan fingerprint density at radius 2 is 1.79 bits per heavy atom. The van der Waals surface area contributed by atoms with Gasteiger partial charge in [-0.15, -0.1) is 5.01 Å². The van der Waals surface area contributed by atoms with Gasteiger partial charge in [0.1, 0.15) is 21.6 Å². The monoisotopic (exact) mass is 600 g/mol. The summed E-state index contributed by atoms with van der Waals surface area (Å²) in [6.45, 7) is 8.49. The number of fused-ring (bicyclic) bond motifs is 3. The molecule has 0 aliphatic carbocycles. The summed E-state index contributed by atoms with van der Waals surface area (Å²) in [7, 11) is -2.26. The topological polar surface area (TPSA) is 87.8 Å². The minimum atomic E-state index is -4.27. The van der Waals surface area contributed by atoms with E-state index in [4.69, 9.17) is 4.99 Å². The van der Waals surface area contributed by atoms with Gasteiger partial charge in [0.25, 0.3) is 5.84 Å². The lowest BCUT2D eigenvalue weighted by molar-refractivity contribution is -0.495. The van der Waals surface area contributed by atoms with Crippen LogP contribution in [0.15, 0.2) is 69.0 Å². The molecule has 1 N–H and O–H groups in total. The maximum atomic E-state index is 14.9. The van der Waals surface area contributed by atoms with Crippen LogP contribution in [-0.2, 0) is 16.5 Å². The SMILES string of the molecule is CCc1ccc2c(c1Br)C(c1c(C)cccc1F)=NCC1N(C)NC(C)=[N+]21.Cc1ccc(S(=O)(=O)[O-])cc1. The Labute approximate surface area is 231 Å². The fraction of sp³-hybridized carbons (Fsp3) is 0.286. The van der Waals surface area contributed by atoms with Gasteiger partial charge < -0.3 is 4.55 Å². The summed E-state index contributed by atoms with van der Waals surface area (Å²) in [4.78, 5) is 4.75. The van der Waals surface area contributed by atoms with Crippen molar-refractivity contribution < 1.29 is 21.9 Å². The molecule has 2 aliphatic rings. The highest BCUT2D eigenvalue weighted by atomic mass is 79.9. The molecular formula is C28H30BrFN4O3S. The van der Waals surface area contributed by atoms with Crippen LogP contribution >= 0.6 is 15.9 Å². The van der Waals surface area contributed by atoms with Crippen LogP contribution in [0.25, 0.3) is 0 Å². The Morgan fingerprint density at radius 1 is 1.11 bits per heavy atom. The average Bonchev–Trinajstić information content (AvgIpc) is 3.02. The Kier molecular flexibility index (Phi) is 8.17. The number of amidine groups is 1. The molecule has 0 radical (unpaired) electrons. The van der Waals surface area contributed by atoms with Crippen LogP contribution in [0.4, 0.5) is 10.1 Å². The molecule has 2 heterocycles. The Bertz CT molecular complexity index is 1530. The van der Waals surface area contributed by atoms with E-state index < -0.39 is 10.1 Å². The lowest BCUT2D eigenvalue weighted by atomic mass is 9.94. The molecule has 200 valence electrons. The fourth-order valence-corrected chi connectivity index (χ4v) is 6.00. The number of nitrogens with zero attached hydrogens (tertiary/aromatic N) is 3. The predicted molar refractivity (Wildman–Crippen MR) is 150 cm³/mol. The van der Waals surface area contributed by atoms with Crippen LogP contribution in [0.5, 0.6) is 0 Å². The van der Waals surface area contributed by atoms with Crippen molar-refractivity contribution in [1.82, 2.24) is 10.4 Å². The van der Waals surface area contributed by atoms with Gasteiger partial charge in [-0.2, -0.15) is 5.43 Å². The second-order valence-electron chi connectivity index (χ2n) is 9.33. The molecular weight excluding hydrogens is 571 g/mol. The number of aryl methyl sites for hydroxylation is 3. The van der Waals surface area contributed by atoms with Crippen molar-refractivity contribution in [2.75, 3.05) is 13.6 Å². The number of hydrogen-bond donors (Lipinski definition) is 1. The van der Waals surface area contributed by atoms with Crippen LogP contribution in [0, 0.1) is 19.7 Å². The third kappa shape index (κ3) is 5.44. The molecule has 3 aromatic carbocycles. The zero-order valence-electron chi connectivity index (χ0n) is 21.9. The first kappa shape index (κ1) is 28.1. The van der Waals surface area contributed by atoms with Crippen LogP contribution in [0.2, 0.25) is 0 Å². The molecule has 0 spiro atoms. The van der Waals surface area contributed by atoms with Gasteiger partial charge in [0.05, 0.1) is 22.7 Å². The minimum Gasteiger partial charge on any atom is -0.744 e. The third-order valence-electron chi connectivity index (χ3n) is 6.70. The highest BCUT2D eigenvalue weighted by Gasteiger charge is 2.40. The molecule has 0 amide bonds. The normalized spacial score (nSPS) is 17.1. The van der Waals surface area contributed by atoms with Crippen LogP contribution in [0.1, 0.15) is 41.7 Å². The standard InChI is InChI=1S/C21H22BrFN4.C7H8O3S/c1-5-14-9-10-16-19(20(14)22)21(18-12(2)7-6-8-15(18)23)24-11-17-26(4)25-13(3)27(16)17;1-6-2-4-7(5-3-6)11(8,9)10/h6-10,17H,5,11H2,1-4H3;2-5H,1H3,(H,8,9,10). The van der Waals surface area contributed by atoms with Gasteiger partial charge in [-0.1, -0.05) is 42.8 Å². The summed E-state index contributed by atoms with van der Waals surface area (Å²) in [5.74, 6) is 0.810. The Hall–Kier alpha value is -2.92. The number of halogens is 2. The van der Waals surface area contributed by atoms with E-state index in [-0.39, 0.29) is 16.9 Å². The molecule has 2 aliphatic heterocycles. The summed E-state index contributed by atoms with van der Waals surface area (Å²) < 4.78 is 49.3. The summed E-state index contributed by atoms with van der Waals surface area (Å²) in [6.07, 6.45) is 0.939. The van der Waals surface area contributed by atoms with Crippen molar-refractivity contribution in [3.8, 4) is 0 Å². The average molecular weight is 602 g/mol. The summed E-state index contributed by atoms with van der Waals surface area (Å²) in [5, 5.41) is 2.06. The largest absolute Gasteiger partial charge is 0.744 e. The van der Waals surface area contributed by atoms with Gasteiger partial charge in [-0.05, 0) is 71.6 Å². The van der Waals surface area contributed by atoms with E-state index in [1.165, 1.54) is 23.8 Å². The van der Waals surface area contributed by atoms with Gasteiger partial charge in [-0.3, -0.25) is 4.99 Å². The second-order valence-corrected chi connectivity index (χ2v) is 11.5. The van der Waals surface area contributed by atoms with Crippen LogP contribution in [-0.4, -0.2) is 53.9 Å². The molecule has 1 unspecified atom stereocenters. The lowest BCUT2D eigenvalue weighted by Gasteiger charge is -2.17. The zero-order chi connectivity index (χ0) is 27.8. The van der Waals surface area contributed by atoms with E-state index in [1.54, 1.807) is 18.2 Å². The molecule has 5 rings (SSSR count). The first-order valence-corrected chi connectivity index (χ1v) is 14.4. The molecule has 38 heavy (non-hydrogen) atoms. The van der Waals surface area contributed by atoms with Crippen molar-refractivity contribution in [2.24, 2.45) is 4.99 Å². The molecule has 0 saturated carbocycles. The predicted octanol–water partition coefficient (Wildman–Crippen LogP) is 5.05. The molecule has 3 aromatic rings. The minimum absolute atomic E-state index is 0.0488. The van der Waals surface area contributed by atoms with Gasteiger partial charge >= 0.3 is 0 Å². The number of likely N-dealkylation sites (N-methyl/N-ethyl adjacent to an activating group) is 1. The van der Waals surface area contributed by atoms with E-state index in [2.05, 4.69) is 56.9 Å². The first-order valence-electron chi connectivity index (χ1n) is 12.2. The lowest BCUT2D eigenvalue weighted by Crippen LogP contribution is -2.40. The third-order valence-corrected chi connectivity index (χ3v) is 8.46.